The number of carbonyl (C=O) groups excluding carboxylic acids is 4. The molecule has 2 aliphatic heterocycles. The average Bonchev–Trinajstić information content (AvgIpc) is 3.43. The number of carbonyl (C=O) groups is 4. The lowest BCUT2D eigenvalue weighted by Gasteiger charge is -2.33. The van der Waals surface area contributed by atoms with Gasteiger partial charge in [0.1, 0.15) is 23.7 Å². The number of likely N-dealkylation sites (tertiary alicyclic amines) is 1. The molecule has 0 saturated carbocycles. The van der Waals surface area contributed by atoms with Crippen molar-refractivity contribution < 1.29 is 23.9 Å². The van der Waals surface area contributed by atoms with E-state index in [2.05, 4.69) is 27.0 Å². The first-order valence-corrected chi connectivity index (χ1v) is 13.9. The molecule has 2 aliphatic rings. The Morgan fingerprint density at radius 1 is 1.14 bits per heavy atom. The lowest BCUT2D eigenvalue weighted by molar-refractivity contribution is -0.138. The van der Waals surface area contributed by atoms with Crippen LogP contribution in [0, 0.1) is 16.7 Å². The smallest absolute Gasteiger partial charge is 0.408 e. The van der Waals surface area contributed by atoms with E-state index in [9.17, 15) is 24.4 Å². The van der Waals surface area contributed by atoms with Crippen molar-refractivity contribution in [3.05, 3.63) is 59.9 Å². The predicted octanol–water partition coefficient (Wildman–Crippen LogP) is 3.06. The normalized spacial score (nSPS) is 21.1. The molecule has 0 radical (unpaired) electrons. The van der Waals surface area contributed by atoms with Gasteiger partial charge in [0.15, 0.2) is 0 Å². The Hall–Kier alpha value is -4.46. The molecule has 11 heteroatoms. The summed E-state index contributed by atoms with van der Waals surface area (Å²) in [5, 5.41) is 18.4. The molecule has 4 rings (SSSR count). The average molecular weight is 575 g/mol. The van der Waals surface area contributed by atoms with Crippen LogP contribution >= 0.6 is 0 Å². The summed E-state index contributed by atoms with van der Waals surface area (Å²) >= 11 is 0. The van der Waals surface area contributed by atoms with Gasteiger partial charge in [0.25, 0.3) is 0 Å². The third kappa shape index (κ3) is 6.38. The van der Waals surface area contributed by atoms with Crippen LogP contribution in [0.15, 0.2) is 48.8 Å². The maximum Gasteiger partial charge on any atom is 0.408 e. The number of hydrogen-bond donors (Lipinski definition) is 3. The van der Waals surface area contributed by atoms with Crippen molar-refractivity contribution in [2.75, 3.05) is 11.9 Å². The minimum Gasteiger partial charge on any atom is -0.444 e. The SMILES string of the molecule is CC(C)(C)OC(=O)N[C@H](C(=O)N[C@@H](Cc1cccnc1)C(=O)N1C[C@]2(C[C@H]1C#N)C(=O)Nc1ccccc12)C(C)(C)C. The van der Waals surface area contributed by atoms with Gasteiger partial charge in [-0.2, -0.15) is 5.26 Å². The van der Waals surface area contributed by atoms with Crippen LogP contribution in [0.2, 0.25) is 0 Å². The summed E-state index contributed by atoms with van der Waals surface area (Å²) < 4.78 is 5.38. The highest BCUT2D eigenvalue weighted by molar-refractivity contribution is 6.07. The van der Waals surface area contributed by atoms with E-state index in [4.69, 9.17) is 4.74 Å². The van der Waals surface area contributed by atoms with Crippen LogP contribution in [0.3, 0.4) is 0 Å². The number of anilines is 1. The van der Waals surface area contributed by atoms with Gasteiger partial charge < -0.3 is 25.6 Å². The van der Waals surface area contributed by atoms with Crippen molar-refractivity contribution in [3.63, 3.8) is 0 Å². The Morgan fingerprint density at radius 3 is 2.48 bits per heavy atom. The molecular formula is C31H38N6O5. The molecule has 3 heterocycles. The summed E-state index contributed by atoms with van der Waals surface area (Å²) in [5.41, 5.74) is -0.480. The number of nitriles is 1. The Balaban J connectivity index is 1.63. The summed E-state index contributed by atoms with van der Waals surface area (Å²) in [7, 11) is 0. The molecule has 0 aliphatic carbocycles. The molecule has 0 bridgehead atoms. The zero-order valence-corrected chi connectivity index (χ0v) is 24.9. The Labute approximate surface area is 246 Å². The standard InChI is InChI=1S/C31H38N6O5/c1-29(2,3)24(36-28(41)42-30(4,5)6)25(38)34-23(14-19-10-9-13-33-17-19)26(39)37-18-31(15-20(37)16-32)21-11-7-8-12-22(21)35-27(31)40/h7-13,17,20,23-24H,14-15,18H2,1-6H3,(H,34,38)(H,35,40)(H,36,41)/t20-,23-,24+,31-/m0/s1. The first-order valence-electron chi connectivity index (χ1n) is 13.9. The van der Waals surface area contributed by atoms with Crippen molar-refractivity contribution in [3.8, 4) is 6.07 Å². The number of nitrogens with one attached hydrogen (secondary N) is 3. The van der Waals surface area contributed by atoms with Crippen molar-refractivity contribution in [2.24, 2.45) is 5.41 Å². The fraction of sp³-hybridized carbons (Fsp3) is 0.484. The lowest BCUT2D eigenvalue weighted by Crippen LogP contribution is -2.59. The molecule has 42 heavy (non-hydrogen) atoms. The van der Waals surface area contributed by atoms with Crippen molar-refractivity contribution in [1.82, 2.24) is 20.5 Å². The first-order chi connectivity index (χ1) is 19.6. The van der Waals surface area contributed by atoms with E-state index in [0.717, 1.165) is 5.56 Å². The fourth-order valence-corrected chi connectivity index (χ4v) is 5.50. The Morgan fingerprint density at radius 2 is 1.86 bits per heavy atom. The number of hydrogen-bond acceptors (Lipinski definition) is 7. The van der Waals surface area contributed by atoms with Crippen LogP contribution < -0.4 is 16.0 Å². The predicted molar refractivity (Wildman–Crippen MR) is 155 cm³/mol. The van der Waals surface area contributed by atoms with Gasteiger partial charge in [-0.15, -0.1) is 0 Å². The number of fused-ring (bicyclic) bond motifs is 2. The van der Waals surface area contributed by atoms with Crippen LogP contribution in [0.5, 0.6) is 0 Å². The zero-order valence-electron chi connectivity index (χ0n) is 24.9. The van der Waals surface area contributed by atoms with E-state index in [1.165, 1.54) is 4.90 Å². The summed E-state index contributed by atoms with van der Waals surface area (Å²) in [6, 6.07) is 9.94. The molecule has 222 valence electrons. The summed E-state index contributed by atoms with van der Waals surface area (Å²) in [5.74, 6) is -1.35. The maximum atomic E-state index is 14.2. The molecular weight excluding hydrogens is 536 g/mol. The quantitative estimate of drug-likeness (QED) is 0.479. The number of aromatic nitrogens is 1. The largest absolute Gasteiger partial charge is 0.444 e. The van der Waals surface area contributed by atoms with Gasteiger partial charge in [-0.05, 0) is 49.4 Å². The summed E-state index contributed by atoms with van der Waals surface area (Å²) in [6.07, 6.45) is 2.67. The second-order valence-electron chi connectivity index (χ2n) is 13.0. The van der Waals surface area contributed by atoms with E-state index in [0.29, 0.717) is 11.3 Å². The van der Waals surface area contributed by atoms with Crippen LogP contribution in [0.4, 0.5) is 10.5 Å². The van der Waals surface area contributed by atoms with E-state index < -0.39 is 52.5 Å². The second-order valence-corrected chi connectivity index (χ2v) is 13.0. The molecule has 1 saturated heterocycles. The molecule has 0 unspecified atom stereocenters. The lowest BCUT2D eigenvalue weighted by atomic mass is 9.80. The molecule has 1 aromatic carbocycles. The molecule has 11 nitrogen and oxygen atoms in total. The third-order valence-electron chi connectivity index (χ3n) is 7.48. The number of alkyl carbamates (subject to hydrolysis) is 1. The monoisotopic (exact) mass is 574 g/mol. The number of para-hydroxylation sites is 1. The van der Waals surface area contributed by atoms with Crippen LogP contribution in [-0.4, -0.2) is 64.0 Å². The number of ether oxygens (including phenoxy) is 1. The van der Waals surface area contributed by atoms with E-state index in [1.807, 2.05) is 18.2 Å². The topological polar surface area (TPSA) is 154 Å². The zero-order chi connectivity index (χ0) is 30.9. The molecule has 3 N–H and O–H groups in total. The van der Waals surface area contributed by atoms with Gasteiger partial charge in [-0.1, -0.05) is 45.0 Å². The first kappa shape index (κ1) is 30.5. The van der Waals surface area contributed by atoms with Crippen LogP contribution in [0.25, 0.3) is 0 Å². The number of rotatable bonds is 6. The van der Waals surface area contributed by atoms with Gasteiger partial charge >= 0.3 is 6.09 Å². The van der Waals surface area contributed by atoms with Crippen molar-refractivity contribution in [2.45, 2.75) is 83.5 Å². The molecule has 4 atom stereocenters. The highest BCUT2D eigenvalue weighted by atomic mass is 16.6. The minimum absolute atomic E-state index is 0.00876. The third-order valence-corrected chi connectivity index (χ3v) is 7.48. The fourth-order valence-electron chi connectivity index (χ4n) is 5.50. The molecule has 4 amide bonds. The highest BCUT2D eigenvalue weighted by Gasteiger charge is 2.56. The minimum atomic E-state index is -1.10. The van der Waals surface area contributed by atoms with Crippen LogP contribution in [0.1, 0.15) is 59.1 Å². The molecule has 2 aromatic rings. The van der Waals surface area contributed by atoms with Gasteiger partial charge in [0, 0.05) is 37.5 Å². The summed E-state index contributed by atoms with van der Waals surface area (Å²) in [4.78, 5) is 59.3. The molecule has 1 fully saturated rings. The van der Waals surface area contributed by atoms with E-state index in [-0.39, 0.29) is 25.3 Å². The molecule has 1 aromatic heterocycles. The van der Waals surface area contributed by atoms with Gasteiger partial charge in [0.2, 0.25) is 17.7 Å². The van der Waals surface area contributed by atoms with E-state index >= 15 is 0 Å². The van der Waals surface area contributed by atoms with Crippen molar-refractivity contribution in [1.29, 1.82) is 5.26 Å². The van der Waals surface area contributed by atoms with Gasteiger partial charge in [-0.3, -0.25) is 19.4 Å². The number of nitrogens with zero attached hydrogens (tertiary/aromatic N) is 3. The number of amides is 4. The molecule has 1 spiro atoms. The summed E-state index contributed by atoms with van der Waals surface area (Å²) in [6.45, 7) is 10.5. The van der Waals surface area contributed by atoms with Gasteiger partial charge in [0.05, 0.1) is 11.5 Å². The second kappa shape index (κ2) is 11.4. The number of benzene rings is 1. The number of pyridine rings is 1. The highest BCUT2D eigenvalue weighted by Crippen LogP contribution is 2.46. The van der Waals surface area contributed by atoms with Gasteiger partial charge in [-0.25, -0.2) is 4.79 Å². The Bertz CT molecular complexity index is 1410. The van der Waals surface area contributed by atoms with Crippen LogP contribution in [-0.2, 0) is 31.0 Å². The van der Waals surface area contributed by atoms with E-state index in [1.54, 1.807) is 72.1 Å². The van der Waals surface area contributed by atoms with Crippen molar-refractivity contribution >= 4 is 29.5 Å². The maximum absolute atomic E-state index is 14.2. The Kier molecular flexibility index (Phi) is 8.30.